The number of H-pyrrole nitrogens is 1. The lowest BCUT2D eigenvalue weighted by atomic mass is 9.96. The molecule has 0 saturated heterocycles. The number of benzene rings is 3. The van der Waals surface area contributed by atoms with Gasteiger partial charge in [-0.25, -0.2) is 14.3 Å². The van der Waals surface area contributed by atoms with Crippen LogP contribution in [0, 0.1) is 0 Å². The van der Waals surface area contributed by atoms with Crippen molar-refractivity contribution in [3.8, 4) is 22.6 Å². The van der Waals surface area contributed by atoms with Crippen LogP contribution >= 0.6 is 0 Å². The second kappa shape index (κ2) is 7.56. The van der Waals surface area contributed by atoms with Gasteiger partial charge < -0.3 is 15.0 Å². The minimum absolute atomic E-state index is 0.160. The number of para-hydroxylation sites is 3. The van der Waals surface area contributed by atoms with Crippen LogP contribution in [-0.4, -0.2) is 32.1 Å². The van der Waals surface area contributed by atoms with Crippen LogP contribution in [0.3, 0.4) is 0 Å². The Morgan fingerprint density at radius 1 is 1.03 bits per heavy atom. The van der Waals surface area contributed by atoms with Gasteiger partial charge in [-0.3, -0.25) is 4.79 Å². The SMILES string of the molecule is CC(C)(C)OC(=O)n1c(-c2cc(-c3nc4ccccc4[nH]3)cc3c2C(=O)NC3)cc2ccccc21. The molecule has 0 saturated carbocycles. The first-order chi connectivity index (χ1) is 16.8. The molecule has 1 amide bonds. The van der Waals surface area contributed by atoms with E-state index < -0.39 is 11.7 Å². The summed E-state index contributed by atoms with van der Waals surface area (Å²) in [5.41, 5.74) is 5.38. The molecular weight excluding hydrogens is 440 g/mol. The van der Waals surface area contributed by atoms with Crippen LogP contribution in [0.4, 0.5) is 4.79 Å². The van der Waals surface area contributed by atoms with Crippen molar-refractivity contribution in [2.75, 3.05) is 0 Å². The molecule has 0 spiro atoms. The smallest absolute Gasteiger partial charge is 0.419 e. The van der Waals surface area contributed by atoms with Crippen molar-refractivity contribution in [3.05, 3.63) is 77.9 Å². The molecule has 0 aliphatic carbocycles. The number of fused-ring (bicyclic) bond motifs is 3. The maximum atomic E-state index is 13.4. The van der Waals surface area contributed by atoms with E-state index in [1.807, 2.05) is 87.5 Å². The van der Waals surface area contributed by atoms with Crippen molar-refractivity contribution in [2.24, 2.45) is 0 Å². The van der Waals surface area contributed by atoms with Gasteiger partial charge in [0.1, 0.15) is 11.4 Å². The summed E-state index contributed by atoms with van der Waals surface area (Å²) in [6.07, 6.45) is -0.491. The third-order valence-electron chi connectivity index (χ3n) is 6.11. The average molecular weight is 465 g/mol. The van der Waals surface area contributed by atoms with E-state index in [2.05, 4.69) is 10.3 Å². The van der Waals surface area contributed by atoms with Crippen molar-refractivity contribution in [1.29, 1.82) is 0 Å². The Balaban J connectivity index is 1.61. The van der Waals surface area contributed by atoms with Gasteiger partial charge in [-0.05, 0) is 62.7 Å². The zero-order chi connectivity index (χ0) is 24.3. The molecule has 0 unspecified atom stereocenters. The average Bonchev–Trinajstić information content (AvgIpc) is 3.52. The summed E-state index contributed by atoms with van der Waals surface area (Å²) < 4.78 is 7.32. The third kappa shape index (κ3) is 3.56. The van der Waals surface area contributed by atoms with Gasteiger partial charge in [0, 0.05) is 23.1 Å². The number of carbonyl (C=O) groups is 2. The summed E-state index contributed by atoms with van der Waals surface area (Å²) in [5.74, 6) is 0.543. The molecular formula is C28H24N4O3. The van der Waals surface area contributed by atoms with Crippen LogP contribution in [0.25, 0.3) is 44.6 Å². The Hall–Kier alpha value is -4.39. The molecule has 1 aliphatic rings. The maximum Gasteiger partial charge on any atom is 0.419 e. The summed E-state index contributed by atoms with van der Waals surface area (Å²) in [5, 5.41) is 3.81. The number of nitrogens with zero attached hydrogens (tertiary/aromatic N) is 2. The summed E-state index contributed by atoms with van der Waals surface area (Å²) >= 11 is 0. The highest BCUT2D eigenvalue weighted by Crippen LogP contribution is 2.37. The highest BCUT2D eigenvalue weighted by Gasteiger charge is 2.29. The maximum absolute atomic E-state index is 13.4. The van der Waals surface area contributed by atoms with Gasteiger partial charge in [-0.1, -0.05) is 30.3 Å². The van der Waals surface area contributed by atoms with Gasteiger partial charge in [0.15, 0.2) is 0 Å². The number of aromatic nitrogens is 3. The zero-order valence-electron chi connectivity index (χ0n) is 19.7. The van der Waals surface area contributed by atoms with Gasteiger partial charge in [0.2, 0.25) is 0 Å². The second-order valence-corrected chi connectivity index (χ2v) is 9.75. The molecule has 2 aromatic heterocycles. The number of aromatic amines is 1. The van der Waals surface area contributed by atoms with Crippen LogP contribution in [-0.2, 0) is 11.3 Å². The van der Waals surface area contributed by atoms with Gasteiger partial charge in [-0.2, -0.15) is 0 Å². The zero-order valence-corrected chi connectivity index (χ0v) is 19.7. The Labute approximate surface area is 201 Å². The van der Waals surface area contributed by atoms with E-state index in [4.69, 9.17) is 9.72 Å². The lowest BCUT2D eigenvalue weighted by molar-refractivity contribution is 0.0547. The Morgan fingerprint density at radius 3 is 2.60 bits per heavy atom. The molecule has 7 heteroatoms. The van der Waals surface area contributed by atoms with Crippen molar-refractivity contribution in [2.45, 2.75) is 32.9 Å². The Kier molecular flexibility index (Phi) is 4.57. The lowest BCUT2D eigenvalue weighted by Crippen LogP contribution is -2.27. The van der Waals surface area contributed by atoms with E-state index in [0.717, 1.165) is 33.1 Å². The van der Waals surface area contributed by atoms with E-state index in [9.17, 15) is 9.59 Å². The van der Waals surface area contributed by atoms with Gasteiger partial charge in [0.25, 0.3) is 5.91 Å². The number of imidazole rings is 1. The summed E-state index contributed by atoms with van der Waals surface area (Å²) in [7, 11) is 0. The summed E-state index contributed by atoms with van der Waals surface area (Å²) in [6, 6.07) is 21.3. The molecule has 3 heterocycles. The standard InChI is InChI=1S/C28H24N4O3/c1-28(2,3)35-27(34)32-22-11-7-4-8-16(22)14-23(32)19-13-17(12-18-15-29-26(33)24(18)19)25-30-20-9-5-6-10-21(20)31-25/h4-14H,15H2,1-3H3,(H,29,33)(H,30,31). The summed E-state index contributed by atoms with van der Waals surface area (Å²) in [6.45, 7) is 5.93. The topological polar surface area (TPSA) is 89.0 Å². The molecule has 0 radical (unpaired) electrons. The van der Waals surface area contributed by atoms with Crippen LogP contribution < -0.4 is 5.32 Å². The number of hydrogen-bond acceptors (Lipinski definition) is 4. The Morgan fingerprint density at radius 2 is 1.80 bits per heavy atom. The number of carbonyl (C=O) groups excluding carboxylic acids is 2. The quantitative estimate of drug-likeness (QED) is 0.342. The van der Waals surface area contributed by atoms with E-state index in [-0.39, 0.29) is 5.91 Å². The fraction of sp³-hybridized carbons (Fsp3) is 0.179. The number of ether oxygens (including phenoxy) is 1. The summed E-state index contributed by atoms with van der Waals surface area (Å²) in [4.78, 5) is 34.4. The monoisotopic (exact) mass is 464 g/mol. The fourth-order valence-electron chi connectivity index (χ4n) is 4.66. The first-order valence-corrected chi connectivity index (χ1v) is 11.5. The molecule has 5 aromatic rings. The minimum atomic E-state index is -0.671. The number of nitrogens with one attached hydrogen (secondary N) is 2. The van der Waals surface area contributed by atoms with E-state index in [1.54, 1.807) is 4.57 Å². The van der Waals surface area contributed by atoms with Crippen molar-refractivity contribution in [1.82, 2.24) is 19.9 Å². The first kappa shape index (κ1) is 21.2. The molecule has 0 fully saturated rings. The highest BCUT2D eigenvalue weighted by molar-refractivity contribution is 6.07. The second-order valence-electron chi connectivity index (χ2n) is 9.75. The molecule has 0 atom stereocenters. The number of rotatable bonds is 2. The van der Waals surface area contributed by atoms with Crippen LogP contribution in [0.5, 0.6) is 0 Å². The van der Waals surface area contributed by atoms with E-state index in [0.29, 0.717) is 29.2 Å². The molecule has 7 nitrogen and oxygen atoms in total. The minimum Gasteiger partial charge on any atom is -0.443 e. The predicted octanol–water partition coefficient (Wildman–Crippen LogP) is 5.88. The fourth-order valence-corrected chi connectivity index (χ4v) is 4.66. The van der Waals surface area contributed by atoms with Crippen molar-refractivity contribution >= 4 is 33.9 Å². The van der Waals surface area contributed by atoms with Gasteiger partial charge in [0.05, 0.1) is 27.8 Å². The lowest BCUT2D eigenvalue weighted by Gasteiger charge is -2.21. The van der Waals surface area contributed by atoms with E-state index >= 15 is 0 Å². The highest BCUT2D eigenvalue weighted by atomic mass is 16.6. The van der Waals surface area contributed by atoms with Crippen LogP contribution in [0.15, 0.2) is 66.7 Å². The molecule has 3 aromatic carbocycles. The molecule has 2 N–H and O–H groups in total. The molecule has 35 heavy (non-hydrogen) atoms. The molecule has 174 valence electrons. The molecule has 1 aliphatic heterocycles. The van der Waals surface area contributed by atoms with Crippen molar-refractivity contribution < 1.29 is 14.3 Å². The third-order valence-corrected chi connectivity index (χ3v) is 6.11. The van der Waals surface area contributed by atoms with Crippen LogP contribution in [0.2, 0.25) is 0 Å². The Bertz CT molecular complexity index is 1620. The number of amides is 1. The first-order valence-electron chi connectivity index (χ1n) is 11.5. The largest absolute Gasteiger partial charge is 0.443 e. The van der Waals surface area contributed by atoms with Crippen LogP contribution in [0.1, 0.15) is 36.7 Å². The number of hydrogen-bond donors (Lipinski definition) is 2. The molecule has 6 rings (SSSR count). The molecule has 0 bridgehead atoms. The predicted molar refractivity (Wildman–Crippen MR) is 135 cm³/mol. The van der Waals surface area contributed by atoms with Gasteiger partial charge >= 0.3 is 6.09 Å². The van der Waals surface area contributed by atoms with Crippen molar-refractivity contribution in [3.63, 3.8) is 0 Å². The van der Waals surface area contributed by atoms with E-state index in [1.165, 1.54) is 0 Å². The normalized spacial score (nSPS) is 13.3. The van der Waals surface area contributed by atoms with Gasteiger partial charge in [-0.15, -0.1) is 0 Å².